The van der Waals surface area contributed by atoms with Gasteiger partial charge in [-0.3, -0.25) is 4.79 Å². The first kappa shape index (κ1) is 21.0. The van der Waals surface area contributed by atoms with E-state index in [-0.39, 0.29) is 18.3 Å². The van der Waals surface area contributed by atoms with Crippen LogP contribution in [-0.2, 0) is 16.5 Å². The van der Waals surface area contributed by atoms with Gasteiger partial charge in [-0.2, -0.15) is 13.2 Å². The Hall–Kier alpha value is -1.27. The van der Waals surface area contributed by atoms with Gasteiger partial charge >= 0.3 is 6.18 Å². The summed E-state index contributed by atoms with van der Waals surface area (Å²) in [5.74, 6) is 0.522. The lowest BCUT2D eigenvalue weighted by atomic mass is 9.71. The number of amides is 1. The largest absolute Gasteiger partial charge is 0.416 e. The molecule has 0 aromatic heterocycles. The second kappa shape index (κ2) is 8.61. The number of hydrogen-bond donors (Lipinski definition) is 2. The van der Waals surface area contributed by atoms with Crippen molar-refractivity contribution in [2.24, 2.45) is 5.92 Å². The van der Waals surface area contributed by atoms with E-state index in [1.807, 2.05) is 0 Å². The third-order valence-electron chi connectivity index (χ3n) is 5.57. The van der Waals surface area contributed by atoms with Crippen molar-refractivity contribution in [2.45, 2.75) is 56.7 Å². The highest BCUT2D eigenvalue weighted by Crippen LogP contribution is 2.43. The Kier molecular flexibility index (Phi) is 6.97. The number of carbonyl (C=O) groups excluding carboxylic acids is 1. The molecule has 1 saturated carbocycles. The van der Waals surface area contributed by atoms with Crippen molar-refractivity contribution in [3.8, 4) is 0 Å². The topological polar surface area (TPSA) is 41.1 Å². The number of benzene rings is 1. The molecular weight excluding hydrogens is 365 g/mol. The molecule has 0 bridgehead atoms. The minimum Gasteiger partial charge on any atom is -0.347 e. The van der Waals surface area contributed by atoms with E-state index >= 15 is 0 Å². The quantitative estimate of drug-likeness (QED) is 0.782. The van der Waals surface area contributed by atoms with Crippen LogP contribution in [0.4, 0.5) is 13.2 Å². The predicted octanol–water partition coefficient (Wildman–Crippen LogP) is 4.40. The highest BCUT2D eigenvalue weighted by Gasteiger charge is 2.41. The number of alkyl halides is 3. The van der Waals surface area contributed by atoms with E-state index in [1.165, 1.54) is 12.1 Å². The smallest absolute Gasteiger partial charge is 0.347 e. The fourth-order valence-electron chi connectivity index (χ4n) is 3.84. The van der Waals surface area contributed by atoms with Crippen molar-refractivity contribution in [1.29, 1.82) is 0 Å². The summed E-state index contributed by atoms with van der Waals surface area (Å²) in [5, 5.41) is 6.35. The average Bonchev–Trinajstić information content (AvgIpc) is 2.56. The number of rotatable bonds is 5. The molecule has 1 heterocycles. The molecule has 146 valence electrons. The summed E-state index contributed by atoms with van der Waals surface area (Å²) in [6.45, 7) is 2.00. The van der Waals surface area contributed by atoms with Crippen LogP contribution in [0.1, 0.15) is 56.1 Å². The normalized spacial score (nSPS) is 20.0. The van der Waals surface area contributed by atoms with Crippen molar-refractivity contribution in [3.63, 3.8) is 0 Å². The molecule has 0 unspecified atom stereocenters. The van der Waals surface area contributed by atoms with Crippen LogP contribution in [0.3, 0.4) is 0 Å². The molecule has 0 atom stereocenters. The third-order valence-corrected chi connectivity index (χ3v) is 5.57. The molecule has 1 amide bonds. The minimum absolute atomic E-state index is 0. The number of nitrogens with one attached hydrogen (secondary N) is 2. The van der Waals surface area contributed by atoms with Gasteiger partial charge in [-0.1, -0.05) is 12.1 Å². The SMILES string of the molecule is Cl.O=C(CCC1CCNCC1)NC1(c2cccc(C(F)(F)F)c2)CCC1. The lowest BCUT2D eigenvalue weighted by Crippen LogP contribution is -2.51. The highest BCUT2D eigenvalue weighted by atomic mass is 35.5. The Labute approximate surface area is 158 Å². The zero-order chi connectivity index (χ0) is 17.9. The van der Waals surface area contributed by atoms with Crippen LogP contribution in [0.25, 0.3) is 0 Å². The molecule has 3 nitrogen and oxygen atoms in total. The van der Waals surface area contributed by atoms with E-state index in [9.17, 15) is 18.0 Å². The number of hydrogen-bond acceptors (Lipinski definition) is 2. The summed E-state index contributed by atoms with van der Waals surface area (Å²) in [4.78, 5) is 12.4. The lowest BCUT2D eigenvalue weighted by molar-refractivity contribution is -0.137. The van der Waals surface area contributed by atoms with Crippen molar-refractivity contribution in [1.82, 2.24) is 10.6 Å². The first-order valence-corrected chi connectivity index (χ1v) is 9.08. The van der Waals surface area contributed by atoms with Gasteiger partial charge in [0.15, 0.2) is 0 Å². The summed E-state index contributed by atoms with van der Waals surface area (Å²) in [6, 6.07) is 5.39. The van der Waals surface area contributed by atoms with Gasteiger partial charge < -0.3 is 10.6 Å². The fourth-order valence-corrected chi connectivity index (χ4v) is 3.84. The van der Waals surface area contributed by atoms with E-state index in [4.69, 9.17) is 0 Å². The van der Waals surface area contributed by atoms with Gasteiger partial charge in [0, 0.05) is 6.42 Å². The van der Waals surface area contributed by atoms with E-state index in [1.54, 1.807) is 6.07 Å². The summed E-state index contributed by atoms with van der Waals surface area (Å²) in [6.07, 6.45) is 1.45. The van der Waals surface area contributed by atoms with Crippen molar-refractivity contribution >= 4 is 18.3 Å². The molecule has 2 aliphatic rings. The first-order chi connectivity index (χ1) is 11.9. The van der Waals surface area contributed by atoms with E-state index < -0.39 is 17.3 Å². The van der Waals surface area contributed by atoms with Crippen LogP contribution in [0.5, 0.6) is 0 Å². The molecule has 0 radical (unpaired) electrons. The molecule has 7 heteroatoms. The van der Waals surface area contributed by atoms with Gasteiger partial charge in [-0.25, -0.2) is 0 Å². The van der Waals surface area contributed by atoms with Crippen LogP contribution in [0, 0.1) is 5.92 Å². The maximum Gasteiger partial charge on any atom is 0.416 e. The van der Waals surface area contributed by atoms with Crippen LogP contribution in [0.2, 0.25) is 0 Å². The molecule has 1 aromatic carbocycles. The van der Waals surface area contributed by atoms with Gasteiger partial charge in [0.2, 0.25) is 5.91 Å². The van der Waals surface area contributed by atoms with Crippen molar-refractivity contribution in [2.75, 3.05) is 13.1 Å². The predicted molar refractivity (Wildman–Crippen MR) is 97.2 cm³/mol. The van der Waals surface area contributed by atoms with Crippen molar-refractivity contribution in [3.05, 3.63) is 35.4 Å². The summed E-state index contributed by atoms with van der Waals surface area (Å²) in [7, 11) is 0. The molecule has 26 heavy (non-hydrogen) atoms. The van der Waals surface area contributed by atoms with E-state index in [2.05, 4.69) is 10.6 Å². The zero-order valence-electron chi connectivity index (χ0n) is 14.7. The number of carbonyl (C=O) groups is 1. The summed E-state index contributed by atoms with van der Waals surface area (Å²) >= 11 is 0. The molecule has 3 rings (SSSR count). The van der Waals surface area contributed by atoms with Gasteiger partial charge in [0.1, 0.15) is 0 Å². The minimum atomic E-state index is -4.36. The number of halogens is 4. The third kappa shape index (κ3) is 4.92. The van der Waals surface area contributed by atoms with Crippen LogP contribution >= 0.6 is 12.4 Å². The number of piperidine rings is 1. The Morgan fingerprint density at radius 1 is 1.23 bits per heavy atom. The molecule has 2 N–H and O–H groups in total. The molecule has 1 aliphatic carbocycles. The van der Waals surface area contributed by atoms with Gasteiger partial charge in [0.25, 0.3) is 0 Å². The van der Waals surface area contributed by atoms with Gasteiger partial charge in [0.05, 0.1) is 11.1 Å². The first-order valence-electron chi connectivity index (χ1n) is 9.08. The molecular formula is C19H26ClF3N2O. The monoisotopic (exact) mass is 390 g/mol. The van der Waals surface area contributed by atoms with Crippen LogP contribution < -0.4 is 10.6 Å². The Balaban J connectivity index is 0.00000243. The van der Waals surface area contributed by atoms with Crippen LogP contribution in [-0.4, -0.2) is 19.0 Å². The molecule has 1 aromatic rings. The van der Waals surface area contributed by atoms with Gasteiger partial charge in [-0.15, -0.1) is 12.4 Å². The highest BCUT2D eigenvalue weighted by molar-refractivity contribution is 5.85. The van der Waals surface area contributed by atoms with Crippen molar-refractivity contribution < 1.29 is 18.0 Å². The van der Waals surface area contributed by atoms with Crippen LogP contribution in [0.15, 0.2) is 24.3 Å². The Morgan fingerprint density at radius 3 is 2.50 bits per heavy atom. The molecule has 1 aliphatic heterocycles. The zero-order valence-corrected chi connectivity index (χ0v) is 15.5. The molecule has 2 fully saturated rings. The second-order valence-electron chi connectivity index (χ2n) is 7.29. The maximum absolute atomic E-state index is 13.0. The summed E-state index contributed by atoms with van der Waals surface area (Å²) in [5.41, 5.74) is -0.698. The van der Waals surface area contributed by atoms with Gasteiger partial charge in [-0.05, 0) is 75.2 Å². The van der Waals surface area contributed by atoms with E-state index in [0.29, 0.717) is 30.7 Å². The molecule has 1 saturated heterocycles. The maximum atomic E-state index is 13.0. The Bertz CT molecular complexity index is 611. The second-order valence-corrected chi connectivity index (χ2v) is 7.29. The molecule has 0 spiro atoms. The Morgan fingerprint density at radius 2 is 1.92 bits per heavy atom. The summed E-state index contributed by atoms with van der Waals surface area (Å²) < 4.78 is 38.9. The lowest BCUT2D eigenvalue weighted by Gasteiger charge is -2.43. The fraction of sp³-hybridized carbons (Fsp3) is 0.632. The van der Waals surface area contributed by atoms with E-state index in [0.717, 1.165) is 44.8 Å². The standard InChI is InChI=1S/C19H25F3N2O.ClH/c20-19(21,22)16-4-1-3-15(13-16)18(9-2-10-18)24-17(25)6-5-14-7-11-23-12-8-14;/h1,3-4,13-14,23H,2,5-12H2,(H,24,25);1H. The average molecular weight is 391 g/mol.